The number of benzene rings is 1. The quantitative estimate of drug-likeness (QED) is 0.822. The van der Waals surface area contributed by atoms with Crippen molar-refractivity contribution in [2.24, 2.45) is 0 Å². The highest BCUT2D eigenvalue weighted by Gasteiger charge is 2.13. The molecule has 0 saturated carbocycles. The average molecular weight is 273 g/mol. The van der Waals surface area contributed by atoms with Crippen molar-refractivity contribution in [2.75, 3.05) is 18.5 Å². The molecule has 19 heavy (non-hydrogen) atoms. The summed E-state index contributed by atoms with van der Waals surface area (Å²) in [5.41, 5.74) is 8.27. The molecule has 3 N–H and O–H groups in total. The van der Waals surface area contributed by atoms with Crippen LogP contribution in [0.5, 0.6) is 0 Å². The monoisotopic (exact) mass is 273 g/mol. The van der Waals surface area contributed by atoms with Gasteiger partial charge in [0.2, 0.25) is 0 Å². The van der Waals surface area contributed by atoms with Gasteiger partial charge < -0.3 is 11.1 Å². The minimum atomic E-state index is 0.208. The molecule has 2 aromatic rings. The molecule has 0 saturated heterocycles. The van der Waals surface area contributed by atoms with Crippen molar-refractivity contribution in [1.82, 2.24) is 10.3 Å². The summed E-state index contributed by atoms with van der Waals surface area (Å²) in [6.45, 7) is 2.10. The third-order valence-electron chi connectivity index (χ3n) is 3.03. The van der Waals surface area contributed by atoms with Crippen LogP contribution in [0, 0.1) is 6.92 Å². The molecule has 3 nitrogen and oxygen atoms in total. The molecule has 0 aliphatic rings. The van der Waals surface area contributed by atoms with Crippen molar-refractivity contribution in [3.05, 3.63) is 53.7 Å². The molecule has 0 fully saturated rings. The van der Waals surface area contributed by atoms with Gasteiger partial charge in [-0.05, 0) is 32.2 Å². The van der Waals surface area contributed by atoms with E-state index < -0.39 is 0 Å². The van der Waals surface area contributed by atoms with Gasteiger partial charge in [0.15, 0.2) is 0 Å². The summed E-state index contributed by atoms with van der Waals surface area (Å²) in [6, 6.07) is 12.7. The van der Waals surface area contributed by atoms with E-state index in [1.807, 2.05) is 30.9 Å². The number of nitrogens with two attached hydrogens (primary N) is 1. The number of hydrogen-bond donors (Lipinski definition) is 2. The van der Waals surface area contributed by atoms with Gasteiger partial charge in [0.1, 0.15) is 5.82 Å². The fraction of sp³-hybridized carbons (Fsp3) is 0.267. The fourth-order valence-electron chi connectivity index (χ4n) is 1.87. The van der Waals surface area contributed by atoms with Crippen LogP contribution in [0.4, 0.5) is 5.82 Å². The predicted octanol–water partition coefficient (Wildman–Crippen LogP) is 3.03. The molecule has 1 heterocycles. The number of aryl methyl sites for hydroxylation is 1. The Morgan fingerprint density at radius 2 is 2.00 bits per heavy atom. The lowest BCUT2D eigenvalue weighted by atomic mass is 10.1. The molecule has 0 radical (unpaired) electrons. The van der Waals surface area contributed by atoms with Crippen molar-refractivity contribution < 1.29 is 0 Å². The molecule has 0 aliphatic carbocycles. The standard InChI is InChI=1S/C15H19N3S/c1-11-5-7-12(8-6-11)19-10-14(17-2)13-4-3-9-18-15(13)16/h3-9,14,17H,10H2,1-2H3,(H2,16,18). The highest BCUT2D eigenvalue weighted by Crippen LogP contribution is 2.26. The fourth-order valence-corrected chi connectivity index (χ4v) is 2.90. The minimum absolute atomic E-state index is 0.208. The second-order valence-corrected chi connectivity index (χ2v) is 5.54. The zero-order valence-electron chi connectivity index (χ0n) is 11.3. The molecule has 2 rings (SSSR count). The summed E-state index contributed by atoms with van der Waals surface area (Å²) in [6.07, 6.45) is 1.72. The molecule has 1 unspecified atom stereocenters. The van der Waals surface area contributed by atoms with Crippen molar-refractivity contribution in [2.45, 2.75) is 17.9 Å². The van der Waals surface area contributed by atoms with Gasteiger partial charge in [-0.15, -0.1) is 11.8 Å². The van der Waals surface area contributed by atoms with Gasteiger partial charge in [0.05, 0.1) is 0 Å². The molecule has 0 aliphatic heterocycles. The maximum Gasteiger partial charge on any atom is 0.128 e. The highest BCUT2D eigenvalue weighted by atomic mass is 32.2. The van der Waals surface area contributed by atoms with Crippen LogP contribution in [0.2, 0.25) is 0 Å². The topological polar surface area (TPSA) is 50.9 Å². The number of anilines is 1. The first-order valence-electron chi connectivity index (χ1n) is 6.28. The van der Waals surface area contributed by atoms with Crippen LogP contribution < -0.4 is 11.1 Å². The van der Waals surface area contributed by atoms with E-state index in [-0.39, 0.29) is 6.04 Å². The Morgan fingerprint density at radius 3 is 2.63 bits per heavy atom. The Bertz CT molecular complexity index is 525. The van der Waals surface area contributed by atoms with E-state index in [0.29, 0.717) is 5.82 Å². The Kier molecular flexibility index (Phi) is 4.82. The summed E-state index contributed by atoms with van der Waals surface area (Å²) in [7, 11) is 1.95. The molecule has 0 bridgehead atoms. The molecular formula is C15H19N3S. The first-order valence-corrected chi connectivity index (χ1v) is 7.26. The van der Waals surface area contributed by atoms with Crippen LogP contribution in [-0.4, -0.2) is 17.8 Å². The molecule has 1 atom stereocenters. The largest absolute Gasteiger partial charge is 0.383 e. The van der Waals surface area contributed by atoms with Crippen molar-refractivity contribution in [1.29, 1.82) is 0 Å². The van der Waals surface area contributed by atoms with E-state index in [1.165, 1.54) is 10.5 Å². The maximum absolute atomic E-state index is 5.93. The molecule has 4 heteroatoms. The van der Waals surface area contributed by atoms with Gasteiger partial charge >= 0.3 is 0 Å². The number of rotatable bonds is 5. The molecule has 1 aromatic carbocycles. The Morgan fingerprint density at radius 1 is 1.26 bits per heavy atom. The number of aromatic nitrogens is 1. The summed E-state index contributed by atoms with van der Waals surface area (Å²) in [5.74, 6) is 1.53. The van der Waals surface area contributed by atoms with Crippen LogP contribution >= 0.6 is 11.8 Å². The number of nitrogen functional groups attached to an aromatic ring is 1. The zero-order chi connectivity index (χ0) is 13.7. The Hall–Kier alpha value is -1.52. The third-order valence-corrected chi connectivity index (χ3v) is 4.14. The first-order chi connectivity index (χ1) is 9.20. The number of hydrogen-bond acceptors (Lipinski definition) is 4. The maximum atomic E-state index is 5.93. The zero-order valence-corrected chi connectivity index (χ0v) is 12.1. The summed E-state index contributed by atoms with van der Waals surface area (Å²) in [4.78, 5) is 5.41. The average Bonchev–Trinajstić information content (AvgIpc) is 2.43. The van der Waals surface area contributed by atoms with Crippen LogP contribution in [0.25, 0.3) is 0 Å². The van der Waals surface area contributed by atoms with Crippen molar-refractivity contribution in [3.8, 4) is 0 Å². The van der Waals surface area contributed by atoms with E-state index in [1.54, 1.807) is 6.20 Å². The smallest absolute Gasteiger partial charge is 0.128 e. The van der Waals surface area contributed by atoms with E-state index in [4.69, 9.17) is 5.73 Å². The van der Waals surface area contributed by atoms with Crippen LogP contribution in [-0.2, 0) is 0 Å². The van der Waals surface area contributed by atoms with E-state index in [2.05, 4.69) is 41.5 Å². The number of nitrogens with one attached hydrogen (secondary N) is 1. The van der Waals surface area contributed by atoms with Crippen LogP contribution in [0.15, 0.2) is 47.5 Å². The second-order valence-electron chi connectivity index (χ2n) is 4.44. The Labute approximate surface area is 118 Å². The molecular weight excluding hydrogens is 254 g/mol. The minimum Gasteiger partial charge on any atom is -0.383 e. The van der Waals surface area contributed by atoms with E-state index >= 15 is 0 Å². The third kappa shape index (κ3) is 3.72. The normalized spacial score (nSPS) is 12.3. The lowest BCUT2D eigenvalue weighted by molar-refractivity contribution is 0.661. The highest BCUT2D eigenvalue weighted by molar-refractivity contribution is 7.99. The number of thioether (sulfide) groups is 1. The molecule has 1 aromatic heterocycles. The van der Waals surface area contributed by atoms with E-state index in [9.17, 15) is 0 Å². The van der Waals surface area contributed by atoms with Crippen LogP contribution in [0.1, 0.15) is 17.2 Å². The summed E-state index contributed by atoms with van der Waals surface area (Å²) >= 11 is 1.82. The van der Waals surface area contributed by atoms with Crippen molar-refractivity contribution >= 4 is 17.6 Å². The van der Waals surface area contributed by atoms with Crippen molar-refractivity contribution in [3.63, 3.8) is 0 Å². The van der Waals surface area contributed by atoms with Gasteiger partial charge in [-0.1, -0.05) is 23.8 Å². The number of nitrogens with zero attached hydrogens (tertiary/aromatic N) is 1. The van der Waals surface area contributed by atoms with Gasteiger partial charge in [-0.25, -0.2) is 4.98 Å². The summed E-state index contributed by atoms with van der Waals surface area (Å²) in [5, 5.41) is 3.30. The molecule has 0 amide bonds. The summed E-state index contributed by atoms with van der Waals surface area (Å²) < 4.78 is 0. The first kappa shape index (κ1) is 13.9. The van der Waals surface area contributed by atoms with Gasteiger partial charge in [-0.3, -0.25) is 0 Å². The number of pyridine rings is 1. The van der Waals surface area contributed by atoms with E-state index in [0.717, 1.165) is 11.3 Å². The van der Waals surface area contributed by atoms with Crippen LogP contribution in [0.3, 0.4) is 0 Å². The molecule has 100 valence electrons. The predicted molar refractivity (Wildman–Crippen MR) is 82.4 cm³/mol. The van der Waals surface area contributed by atoms with Gasteiger partial charge in [-0.2, -0.15) is 0 Å². The van der Waals surface area contributed by atoms with Gasteiger partial charge in [0, 0.05) is 28.5 Å². The lowest BCUT2D eigenvalue weighted by Crippen LogP contribution is -2.20. The second kappa shape index (κ2) is 6.59. The lowest BCUT2D eigenvalue weighted by Gasteiger charge is -2.17. The Balaban J connectivity index is 2.04. The molecule has 0 spiro atoms. The SMILES string of the molecule is CNC(CSc1ccc(C)cc1)c1cccnc1N. The van der Waals surface area contributed by atoms with Gasteiger partial charge in [0.25, 0.3) is 0 Å².